The van der Waals surface area contributed by atoms with E-state index in [1.165, 1.54) is 6.07 Å². The second kappa shape index (κ2) is 8.73. The zero-order chi connectivity index (χ0) is 19.3. The summed E-state index contributed by atoms with van der Waals surface area (Å²) >= 11 is 5.56. The maximum atomic E-state index is 12.9. The Labute approximate surface area is 154 Å². The molecule has 1 aliphatic rings. The first-order valence-electron chi connectivity index (χ1n) is 8.37. The minimum atomic E-state index is -4.59. The number of amides is 1. The molecule has 1 heterocycles. The molecule has 0 aliphatic carbocycles. The van der Waals surface area contributed by atoms with Crippen molar-refractivity contribution in [3.8, 4) is 0 Å². The van der Waals surface area contributed by atoms with Gasteiger partial charge in [0.15, 0.2) is 6.54 Å². The van der Waals surface area contributed by atoms with Crippen molar-refractivity contribution < 1.29 is 32.4 Å². The minimum Gasteiger partial charge on any atom is -0.466 e. The lowest BCUT2D eigenvalue weighted by Gasteiger charge is -2.27. The maximum Gasteiger partial charge on any atom is 0.417 e. The Morgan fingerprint density at radius 1 is 1.31 bits per heavy atom. The molecule has 1 aliphatic heterocycles. The fourth-order valence-electron chi connectivity index (χ4n) is 2.95. The lowest BCUT2D eigenvalue weighted by atomic mass is 9.97. The molecule has 26 heavy (non-hydrogen) atoms. The van der Waals surface area contributed by atoms with Gasteiger partial charge in [0.25, 0.3) is 5.91 Å². The predicted octanol–water partition coefficient (Wildman–Crippen LogP) is 2.16. The van der Waals surface area contributed by atoms with Gasteiger partial charge in [0, 0.05) is 18.5 Å². The Morgan fingerprint density at radius 2 is 1.96 bits per heavy atom. The van der Waals surface area contributed by atoms with Crippen molar-refractivity contribution in [1.29, 1.82) is 0 Å². The quantitative estimate of drug-likeness (QED) is 0.754. The molecule has 0 unspecified atom stereocenters. The van der Waals surface area contributed by atoms with E-state index in [-0.39, 0.29) is 30.0 Å². The predicted molar refractivity (Wildman–Crippen MR) is 90.0 cm³/mol. The molecule has 0 bridgehead atoms. The number of piperidine rings is 1. The topological polar surface area (TPSA) is 59.8 Å². The second-order valence-electron chi connectivity index (χ2n) is 6.19. The third-order valence-corrected chi connectivity index (χ3v) is 4.61. The van der Waals surface area contributed by atoms with Gasteiger partial charge in [0.05, 0.1) is 36.2 Å². The molecule has 1 aromatic carbocycles. The molecule has 5 nitrogen and oxygen atoms in total. The molecular weight excluding hydrogens is 373 g/mol. The standard InChI is InChI=1S/C17H20ClF3N2O3/c1-2-26-16(25)11-5-7-23(8-6-11)10-15(24)22-12-3-4-14(18)13(9-12)17(19,20)21/h3-4,9,11H,2,5-8,10H2,1H3,(H,22,24)/p+1. The number of carbonyl (C=O) groups excluding carboxylic acids is 2. The molecule has 144 valence electrons. The van der Waals surface area contributed by atoms with Crippen molar-refractivity contribution >= 4 is 29.2 Å². The normalized spacial score (nSPS) is 20.5. The molecule has 0 saturated carbocycles. The van der Waals surface area contributed by atoms with Gasteiger partial charge < -0.3 is 15.0 Å². The van der Waals surface area contributed by atoms with Crippen LogP contribution in [0.1, 0.15) is 25.3 Å². The lowest BCUT2D eigenvalue weighted by Crippen LogP contribution is -3.14. The van der Waals surface area contributed by atoms with Gasteiger partial charge in [-0.05, 0) is 25.1 Å². The second-order valence-corrected chi connectivity index (χ2v) is 6.60. The van der Waals surface area contributed by atoms with Crippen LogP contribution >= 0.6 is 11.6 Å². The molecule has 2 N–H and O–H groups in total. The number of alkyl halides is 3. The molecule has 1 aromatic rings. The molecule has 1 saturated heterocycles. The van der Waals surface area contributed by atoms with Gasteiger partial charge in [-0.2, -0.15) is 13.2 Å². The summed E-state index contributed by atoms with van der Waals surface area (Å²) in [6.07, 6.45) is -3.33. The number of likely N-dealkylation sites (tertiary alicyclic amines) is 1. The number of quaternary nitrogens is 1. The number of ether oxygens (including phenoxy) is 1. The number of carbonyl (C=O) groups is 2. The summed E-state index contributed by atoms with van der Waals surface area (Å²) in [5, 5.41) is 2.06. The van der Waals surface area contributed by atoms with E-state index in [9.17, 15) is 22.8 Å². The average Bonchev–Trinajstić information content (AvgIpc) is 2.56. The molecule has 0 spiro atoms. The Bertz CT molecular complexity index is 659. The third-order valence-electron chi connectivity index (χ3n) is 4.28. The van der Waals surface area contributed by atoms with Crippen LogP contribution in [0.3, 0.4) is 0 Å². The molecule has 0 atom stereocenters. The number of benzene rings is 1. The van der Waals surface area contributed by atoms with E-state index in [1.54, 1.807) is 6.92 Å². The van der Waals surface area contributed by atoms with Gasteiger partial charge in [-0.1, -0.05) is 11.6 Å². The largest absolute Gasteiger partial charge is 0.466 e. The van der Waals surface area contributed by atoms with Crippen LogP contribution in [0.2, 0.25) is 5.02 Å². The highest BCUT2D eigenvalue weighted by atomic mass is 35.5. The highest BCUT2D eigenvalue weighted by molar-refractivity contribution is 6.31. The van der Waals surface area contributed by atoms with Crippen LogP contribution in [0.15, 0.2) is 18.2 Å². The Hall–Kier alpha value is -1.80. The van der Waals surface area contributed by atoms with Gasteiger partial charge in [-0.25, -0.2) is 0 Å². The van der Waals surface area contributed by atoms with Crippen molar-refractivity contribution in [3.05, 3.63) is 28.8 Å². The maximum absolute atomic E-state index is 12.9. The summed E-state index contributed by atoms with van der Waals surface area (Å²) in [6.45, 7) is 3.48. The van der Waals surface area contributed by atoms with E-state index in [0.29, 0.717) is 32.5 Å². The summed E-state index contributed by atoms with van der Waals surface area (Å²) in [5.41, 5.74) is -0.938. The molecule has 1 fully saturated rings. The summed E-state index contributed by atoms with van der Waals surface area (Å²) in [6, 6.07) is 3.26. The summed E-state index contributed by atoms with van der Waals surface area (Å²) in [5.74, 6) is -0.741. The van der Waals surface area contributed by atoms with E-state index < -0.39 is 16.8 Å². The average molecular weight is 394 g/mol. The number of hydrogen-bond donors (Lipinski definition) is 2. The van der Waals surface area contributed by atoms with E-state index in [0.717, 1.165) is 17.0 Å². The molecule has 1 amide bonds. The van der Waals surface area contributed by atoms with Crippen LogP contribution in [-0.2, 0) is 20.5 Å². The summed E-state index contributed by atoms with van der Waals surface area (Å²) in [4.78, 5) is 24.8. The van der Waals surface area contributed by atoms with Gasteiger partial charge in [0.1, 0.15) is 0 Å². The Morgan fingerprint density at radius 3 is 2.54 bits per heavy atom. The monoisotopic (exact) mass is 393 g/mol. The number of esters is 1. The SMILES string of the molecule is CCOC(=O)C1CC[NH+](CC(=O)Nc2ccc(Cl)c(C(F)(F)F)c2)CC1. The Kier molecular flexibility index (Phi) is 6.88. The molecule has 9 heteroatoms. The van der Waals surface area contributed by atoms with E-state index in [2.05, 4.69) is 5.32 Å². The number of nitrogens with one attached hydrogen (secondary N) is 2. The lowest BCUT2D eigenvalue weighted by molar-refractivity contribution is -0.897. The van der Waals surface area contributed by atoms with Crippen LogP contribution in [0, 0.1) is 5.92 Å². The van der Waals surface area contributed by atoms with E-state index in [1.807, 2.05) is 0 Å². The van der Waals surface area contributed by atoms with Crippen LogP contribution in [0.25, 0.3) is 0 Å². The minimum absolute atomic E-state index is 0.0486. The summed E-state index contributed by atoms with van der Waals surface area (Å²) < 4.78 is 43.6. The summed E-state index contributed by atoms with van der Waals surface area (Å²) in [7, 11) is 0. The molecule has 0 aromatic heterocycles. The highest BCUT2D eigenvalue weighted by Crippen LogP contribution is 2.36. The smallest absolute Gasteiger partial charge is 0.417 e. The van der Waals surface area contributed by atoms with Crippen LogP contribution in [0.4, 0.5) is 18.9 Å². The van der Waals surface area contributed by atoms with Crippen molar-refractivity contribution in [2.24, 2.45) is 5.92 Å². The van der Waals surface area contributed by atoms with Gasteiger partial charge in [-0.3, -0.25) is 9.59 Å². The Balaban J connectivity index is 1.87. The zero-order valence-electron chi connectivity index (χ0n) is 14.3. The number of hydrogen-bond acceptors (Lipinski definition) is 3. The van der Waals surface area contributed by atoms with Crippen molar-refractivity contribution in [2.45, 2.75) is 25.9 Å². The fourth-order valence-corrected chi connectivity index (χ4v) is 3.18. The first-order chi connectivity index (χ1) is 12.2. The number of rotatable bonds is 5. The first kappa shape index (κ1) is 20.5. The highest BCUT2D eigenvalue weighted by Gasteiger charge is 2.34. The van der Waals surface area contributed by atoms with E-state index in [4.69, 9.17) is 16.3 Å². The van der Waals surface area contributed by atoms with Crippen molar-refractivity contribution in [3.63, 3.8) is 0 Å². The molecule has 2 rings (SSSR count). The molecular formula is C17H21ClF3N2O3+. The van der Waals surface area contributed by atoms with Gasteiger partial charge in [-0.15, -0.1) is 0 Å². The van der Waals surface area contributed by atoms with Gasteiger partial charge in [0.2, 0.25) is 0 Å². The van der Waals surface area contributed by atoms with Gasteiger partial charge >= 0.3 is 12.1 Å². The van der Waals surface area contributed by atoms with E-state index >= 15 is 0 Å². The zero-order valence-corrected chi connectivity index (χ0v) is 15.0. The van der Waals surface area contributed by atoms with Crippen LogP contribution < -0.4 is 10.2 Å². The molecule has 0 radical (unpaired) electrons. The third kappa shape index (κ3) is 5.60. The first-order valence-corrected chi connectivity index (χ1v) is 8.75. The number of halogens is 4. The van der Waals surface area contributed by atoms with Crippen LogP contribution in [0.5, 0.6) is 0 Å². The van der Waals surface area contributed by atoms with Crippen molar-refractivity contribution in [1.82, 2.24) is 0 Å². The van der Waals surface area contributed by atoms with Crippen molar-refractivity contribution in [2.75, 3.05) is 31.6 Å². The number of anilines is 1. The van der Waals surface area contributed by atoms with Crippen LogP contribution in [-0.4, -0.2) is 38.1 Å². The fraction of sp³-hybridized carbons (Fsp3) is 0.529.